The van der Waals surface area contributed by atoms with Crippen molar-refractivity contribution in [3.8, 4) is 11.3 Å². The fourth-order valence-electron chi connectivity index (χ4n) is 4.64. The van der Waals surface area contributed by atoms with Gasteiger partial charge in [0.2, 0.25) is 0 Å². The quantitative estimate of drug-likeness (QED) is 0.332. The molecule has 41 heavy (non-hydrogen) atoms. The van der Waals surface area contributed by atoms with E-state index >= 15 is 0 Å². The summed E-state index contributed by atoms with van der Waals surface area (Å²) in [6.45, 7) is 6.32. The van der Waals surface area contributed by atoms with Crippen molar-refractivity contribution in [1.82, 2.24) is 24.6 Å². The number of amides is 2. The third kappa shape index (κ3) is 5.93. The summed E-state index contributed by atoms with van der Waals surface area (Å²) in [7, 11) is 0. The maximum Gasteiger partial charge on any atom is 0.416 e. The van der Waals surface area contributed by atoms with E-state index in [2.05, 4.69) is 15.3 Å². The number of rotatable bonds is 4. The van der Waals surface area contributed by atoms with Gasteiger partial charge in [-0.25, -0.2) is 19.4 Å². The van der Waals surface area contributed by atoms with Gasteiger partial charge in [0.15, 0.2) is 5.65 Å². The summed E-state index contributed by atoms with van der Waals surface area (Å²) in [5.41, 5.74) is 6.68. The number of likely N-dealkylation sites (tertiary alicyclic amines) is 1. The van der Waals surface area contributed by atoms with Crippen LogP contribution in [-0.4, -0.2) is 55.3 Å². The smallest absolute Gasteiger partial charge is 0.416 e. The van der Waals surface area contributed by atoms with Gasteiger partial charge < -0.3 is 20.7 Å². The van der Waals surface area contributed by atoms with Crippen molar-refractivity contribution in [3.63, 3.8) is 0 Å². The zero-order valence-corrected chi connectivity index (χ0v) is 22.6. The van der Waals surface area contributed by atoms with Gasteiger partial charge in [0.25, 0.3) is 5.91 Å². The minimum atomic E-state index is -4.55. The number of halogens is 3. The van der Waals surface area contributed by atoms with E-state index in [9.17, 15) is 22.8 Å². The zero-order valence-electron chi connectivity index (χ0n) is 22.6. The van der Waals surface area contributed by atoms with E-state index in [-0.39, 0.29) is 17.4 Å². The van der Waals surface area contributed by atoms with Gasteiger partial charge in [-0.05, 0) is 57.5 Å². The highest BCUT2D eigenvalue weighted by Gasteiger charge is 2.33. The molecular weight excluding hydrogens is 539 g/mol. The van der Waals surface area contributed by atoms with Crippen LogP contribution in [0.2, 0.25) is 0 Å². The number of nitrogens with zero attached hydrogens (tertiary/aromatic N) is 5. The third-order valence-electron chi connectivity index (χ3n) is 6.55. The number of fused-ring (bicyclic) bond motifs is 1. The number of carbonyl (C=O) groups excluding carboxylic acids is 2. The molecule has 5 rings (SSSR count). The number of alkyl halides is 3. The number of aromatic nitrogens is 4. The van der Waals surface area contributed by atoms with Crippen LogP contribution >= 0.6 is 0 Å². The number of carbonyl (C=O) groups is 2. The van der Waals surface area contributed by atoms with E-state index in [1.165, 1.54) is 18.5 Å². The van der Waals surface area contributed by atoms with E-state index in [4.69, 9.17) is 15.6 Å². The Kier molecular flexibility index (Phi) is 7.05. The molecule has 214 valence electrons. The van der Waals surface area contributed by atoms with Crippen LogP contribution in [0.25, 0.3) is 22.3 Å². The fourth-order valence-corrected chi connectivity index (χ4v) is 4.64. The number of nitrogen functional groups attached to an aromatic ring is 1. The van der Waals surface area contributed by atoms with E-state index in [0.29, 0.717) is 47.5 Å². The first-order chi connectivity index (χ1) is 19.3. The molecule has 3 heterocycles. The summed E-state index contributed by atoms with van der Waals surface area (Å²) in [6, 6.07) is 10.7. The van der Waals surface area contributed by atoms with Gasteiger partial charge in [0.1, 0.15) is 23.4 Å². The third-order valence-corrected chi connectivity index (χ3v) is 6.55. The van der Waals surface area contributed by atoms with Crippen molar-refractivity contribution in [2.75, 3.05) is 24.1 Å². The van der Waals surface area contributed by atoms with E-state index < -0.39 is 29.3 Å². The molecule has 2 aromatic heterocycles. The maximum atomic E-state index is 13.0. The topological polar surface area (TPSA) is 128 Å². The monoisotopic (exact) mass is 567 g/mol. The molecule has 1 fully saturated rings. The SMILES string of the molecule is CC(C)(C)OC(=O)N1CC[C@H](n2nc(-c3ccc(NC(=O)c4cccc(C(F)(F)F)c4)cc3)c3c(N)ncnc32)C1. The first-order valence-electron chi connectivity index (χ1n) is 12.9. The van der Waals surface area contributed by atoms with E-state index in [0.717, 1.165) is 12.1 Å². The molecule has 0 unspecified atom stereocenters. The van der Waals surface area contributed by atoms with Gasteiger partial charge in [0, 0.05) is 29.9 Å². The molecule has 0 spiro atoms. The molecule has 1 saturated heterocycles. The Morgan fingerprint density at radius 1 is 1.07 bits per heavy atom. The lowest BCUT2D eigenvalue weighted by Crippen LogP contribution is -2.35. The van der Waals surface area contributed by atoms with Crippen LogP contribution in [0.15, 0.2) is 54.9 Å². The van der Waals surface area contributed by atoms with Gasteiger partial charge >= 0.3 is 12.3 Å². The second kappa shape index (κ2) is 10.4. The molecule has 3 N–H and O–H groups in total. The van der Waals surface area contributed by atoms with Gasteiger partial charge in [-0.15, -0.1) is 0 Å². The molecule has 0 saturated carbocycles. The molecular formula is C28H28F3N7O3. The molecule has 0 aliphatic carbocycles. The fraction of sp³-hybridized carbons (Fsp3) is 0.321. The molecule has 0 bridgehead atoms. The van der Waals surface area contributed by atoms with Crippen LogP contribution < -0.4 is 11.1 Å². The average Bonchev–Trinajstić information content (AvgIpc) is 3.54. The Morgan fingerprint density at radius 3 is 2.49 bits per heavy atom. The summed E-state index contributed by atoms with van der Waals surface area (Å²) in [4.78, 5) is 35.4. The molecule has 4 aromatic rings. The molecule has 1 aliphatic rings. The molecule has 1 aliphatic heterocycles. The second-order valence-corrected chi connectivity index (χ2v) is 10.7. The van der Waals surface area contributed by atoms with Gasteiger partial charge in [-0.2, -0.15) is 18.3 Å². The Bertz CT molecular complexity index is 1610. The standard InChI is InChI=1S/C28H28F3N7O3/c1-27(2,3)41-26(40)37-12-11-20(14-37)38-24-21(23(32)33-15-34-24)22(36-38)16-7-9-19(10-8-16)35-25(39)17-5-4-6-18(13-17)28(29,30)31/h4-10,13,15,20H,11-12,14H2,1-3H3,(H,35,39)(H2,32,33,34)/t20-/m0/s1. The lowest BCUT2D eigenvalue weighted by Gasteiger charge is -2.24. The predicted octanol–water partition coefficient (Wildman–Crippen LogP) is 5.53. The lowest BCUT2D eigenvalue weighted by atomic mass is 10.1. The van der Waals surface area contributed by atoms with Crippen molar-refractivity contribution >= 4 is 34.5 Å². The molecule has 1 atom stereocenters. The number of nitrogens with two attached hydrogens (primary N) is 1. The Hall–Kier alpha value is -4.68. The minimum absolute atomic E-state index is 0.115. The molecule has 2 aromatic carbocycles. The highest BCUT2D eigenvalue weighted by Crippen LogP contribution is 2.35. The van der Waals surface area contributed by atoms with Crippen LogP contribution in [0, 0.1) is 0 Å². The highest BCUT2D eigenvalue weighted by atomic mass is 19.4. The first kappa shape index (κ1) is 27.9. The van der Waals surface area contributed by atoms with Crippen LogP contribution in [0.5, 0.6) is 0 Å². The number of benzene rings is 2. The lowest BCUT2D eigenvalue weighted by molar-refractivity contribution is -0.137. The van der Waals surface area contributed by atoms with Gasteiger partial charge in [0.05, 0.1) is 17.0 Å². The minimum Gasteiger partial charge on any atom is -0.444 e. The largest absolute Gasteiger partial charge is 0.444 e. The normalized spacial score (nSPS) is 15.8. The summed E-state index contributed by atoms with van der Waals surface area (Å²) in [6.07, 6.45) is -2.96. The van der Waals surface area contributed by atoms with Crippen molar-refractivity contribution in [2.45, 2.75) is 45.0 Å². The maximum absolute atomic E-state index is 13.0. The number of nitrogens with one attached hydrogen (secondary N) is 1. The summed E-state index contributed by atoms with van der Waals surface area (Å²) < 4.78 is 46.4. The van der Waals surface area contributed by atoms with Crippen molar-refractivity contribution < 1.29 is 27.5 Å². The zero-order chi connectivity index (χ0) is 29.5. The Balaban J connectivity index is 1.38. The van der Waals surface area contributed by atoms with Gasteiger partial charge in [-0.3, -0.25) is 4.79 Å². The van der Waals surface area contributed by atoms with Gasteiger partial charge in [-0.1, -0.05) is 18.2 Å². The number of ether oxygens (including phenoxy) is 1. The average molecular weight is 568 g/mol. The van der Waals surface area contributed by atoms with Crippen LogP contribution in [0.3, 0.4) is 0 Å². The van der Waals surface area contributed by atoms with Crippen LogP contribution in [0.4, 0.5) is 29.5 Å². The summed E-state index contributed by atoms with van der Waals surface area (Å²) >= 11 is 0. The predicted molar refractivity (Wildman–Crippen MR) is 146 cm³/mol. The molecule has 0 radical (unpaired) electrons. The van der Waals surface area contributed by atoms with E-state index in [1.807, 2.05) is 20.8 Å². The van der Waals surface area contributed by atoms with Crippen LogP contribution in [0.1, 0.15) is 49.2 Å². The van der Waals surface area contributed by atoms with E-state index in [1.54, 1.807) is 33.8 Å². The van der Waals surface area contributed by atoms with Crippen LogP contribution in [-0.2, 0) is 10.9 Å². The molecule has 10 nitrogen and oxygen atoms in total. The second-order valence-electron chi connectivity index (χ2n) is 10.7. The Morgan fingerprint density at radius 2 is 1.80 bits per heavy atom. The summed E-state index contributed by atoms with van der Waals surface area (Å²) in [5.74, 6) is -0.438. The molecule has 13 heteroatoms. The number of hydrogen-bond donors (Lipinski definition) is 2. The number of anilines is 2. The first-order valence-corrected chi connectivity index (χ1v) is 12.9. The highest BCUT2D eigenvalue weighted by molar-refractivity contribution is 6.04. The number of hydrogen-bond acceptors (Lipinski definition) is 7. The van der Waals surface area contributed by atoms with Crippen molar-refractivity contribution in [1.29, 1.82) is 0 Å². The van der Waals surface area contributed by atoms with Crippen molar-refractivity contribution in [2.24, 2.45) is 0 Å². The Labute approximate surface area is 233 Å². The molecule has 2 amide bonds. The van der Waals surface area contributed by atoms with Crippen molar-refractivity contribution in [3.05, 3.63) is 66.0 Å². The summed E-state index contributed by atoms with van der Waals surface area (Å²) in [5, 5.41) is 7.96.